The lowest BCUT2D eigenvalue weighted by Gasteiger charge is -2.34. The van der Waals surface area contributed by atoms with Crippen LogP contribution in [0.15, 0.2) is 34.9 Å². The molecule has 0 saturated carbocycles. The Balaban J connectivity index is 1.60. The molecule has 21 heavy (non-hydrogen) atoms. The van der Waals surface area contributed by atoms with Crippen molar-refractivity contribution >= 4 is 0 Å². The summed E-state index contributed by atoms with van der Waals surface area (Å²) < 4.78 is 11.1. The van der Waals surface area contributed by atoms with Crippen molar-refractivity contribution in [2.75, 3.05) is 13.1 Å². The van der Waals surface area contributed by atoms with Gasteiger partial charge in [0.05, 0.1) is 18.8 Å². The fourth-order valence-electron chi connectivity index (χ4n) is 2.81. The molecule has 5 heteroatoms. The molecule has 0 N–H and O–H groups in total. The predicted molar refractivity (Wildman–Crippen MR) is 78.8 cm³/mol. The molecule has 1 fully saturated rings. The zero-order chi connectivity index (χ0) is 14.7. The van der Waals surface area contributed by atoms with E-state index in [1.54, 1.807) is 0 Å². The van der Waals surface area contributed by atoms with Crippen LogP contribution in [0.2, 0.25) is 0 Å². The van der Waals surface area contributed by atoms with E-state index >= 15 is 0 Å². The molecule has 0 bridgehead atoms. The van der Waals surface area contributed by atoms with Crippen LogP contribution in [0.25, 0.3) is 0 Å². The van der Waals surface area contributed by atoms with Gasteiger partial charge in [-0.2, -0.15) is 4.98 Å². The Hall–Kier alpha value is -1.72. The van der Waals surface area contributed by atoms with Gasteiger partial charge in [0.2, 0.25) is 5.89 Å². The molecule has 0 unspecified atom stereocenters. The molecule has 3 rings (SSSR count). The third kappa shape index (κ3) is 3.89. The number of benzene rings is 1. The Morgan fingerprint density at radius 1 is 1.14 bits per heavy atom. The molecule has 0 amide bonds. The van der Waals surface area contributed by atoms with Gasteiger partial charge >= 0.3 is 0 Å². The van der Waals surface area contributed by atoms with Crippen molar-refractivity contribution in [3.05, 3.63) is 47.6 Å². The number of aromatic nitrogens is 2. The number of ether oxygens (including phenoxy) is 1. The second-order valence-electron chi connectivity index (χ2n) is 5.72. The summed E-state index contributed by atoms with van der Waals surface area (Å²) in [6, 6.07) is 10.2. The first-order valence-electron chi connectivity index (χ1n) is 7.42. The second kappa shape index (κ2) is 6.37. The molecule has 1 aromatic heterocycles. The second-order valence-corrected chi connectivity index (χ2v) is 5.72. The minimum absolute atomic E-state index is 0.250. The minimum Gasteiger partial charge on any atom is -0.373 e. The first-order valence-corrected chi connectivity index (χ1v) is 7.42. The number of hydrogen-bond acceptors (Lipinski definition) is 5. The molecule has 1 saturated heterocycles. The molecule has 0 radical (unpaired) electrons. The number of morpholine rings is 1. The number of rotatable bonds is 4. The fourth-order valence-corrected chi connectivity index (χ4v) is 2.81. The van der Waals surface area contributed by atoms with Crippen molar-refractivity contribution in [2.45, 2.75) is 39.0 Å². The maximum atomic E-state index is 5.73. The lowest BCUT2D eigenvalue weighted by molar-refractivity contribution is -0.0725. The normalized spacial score (nSPS) is 23.3. The Labute approximate surface area is 124 Å². The summed E-state index contributed by atoms with van der Waals surface area (Å²) in [7, 11) is 0. The van der Waals surface area contributed by atoms with Crippen LogP contribution in [0.1, 0.15) is 31.1 Å². The van der Waals surface area contributed by atoms with Gasteiger partial charge in [-0.3, -0.25) is 4.90 Å². The smallest absolute Gasteiger partial charge is 0.240 e. The number of nitrogens with zero attached hydrogens (tertiary/aromatic N) is 3. The average Bonchev–Trinajstić information content (AvgIpc) is 2.86. The summed E-state index contributed by atoms with van der Waals surface area (Å²) in [5.74, 6) is 1.42. The van der Waals surface area contributed by atoms with Crippen LogP contribution in [-0.4, -0.2) is 40.3 Å². The largest absolute Gasteiger partial charge is 0.373 e. The Kier molecular flexibility index (Phi) is 4.31. The lowest BCUT2D eigenvalue weighted by Crippen LogP contribution is -2.44. The van der Waals surface area contributed by atoms with Gasteiger partial charge < -0.3 is 9.26 Å². The Morgan fingerprint density at radius 2 is 1.86 bits per heavy atom. The van der Waals surface area contributed by atoms with Crippen molar-refractivity contribution in [1.29, 1.82) is 0 Å². The Bertz CT molecular complexity index is 560. The van der Waals surface area contributed by atoms with E-state index in [4.69, 9.17) is 9.26 Å². The van der Waals surface area contributed by atoms with E-state index in [9.17, 15) is 0 Å². The highest BCUT2D eigenvalue weighted by molar-refractivity contribution is 5.18. The quantitative estimate of drug-likeness (QED) is 0.863. The van der Waals surface area contributed by atoms with Gasteiger partial charge in [0.15, 0.2) is 5.82 Å². The summed E-state index contributed by atoms with van der Waals surface area (Å²) in [4.78, 5) is 6.79. The van der Waals surface area contributed by atoms with Gasteiger partial charge in [-0.1, -0.05) is 35.5 Å². The summed E-state index contributed by atoms with van der Waals surface area (Å²) in [5.41, 5.74) is 1.19. The zero-order valence-electron chi connectivity index (χ0n) is 12.5. The molecular weight excluding hydrogens is 266 g/mol. The SMILES string of the molecule is C[C@H]1CN(Cc2nc(Cc3ccccc3)no2)C[C@H](C)O1. The third-order valence-corrected chi connectivity index (χ3v) is 3.57. The van der Waals surface area contributed by atoms with E-state index in [1.165, 1.54) is 5.56 Å². The van der Waals surface area contributed by atoms with Crippen LogP contribution in [0.3, 0.4) is 0 Å². The third-order valence-electron chi connectivity index (χ3n) is 3.57. The summed E-state index contributed by atoms with van der Waals surface area (Å²) in [6.45, 7) is 6.69. The van der Waals surface area contributed by atoms with Crippen LogP contribution in [0.5, 0.6) is 0 Å². The van der Waals surface area contributed by atoms with E-state index in [1.807, 2.05) is 18.2 Å². The summed E-state index contributed by atoms with van der Waals surface area (Å²) in [6.07, 6.45) is 1.21. The van der Waals surface area contributed by atoms with Gasteiger partial charge in [0, 0.05) is 19.5 Å². The van der Waals surface area contributed by atoms with Crippen LogP contribution in [-0.2, 0) is 17.7 Å². The minimum atomic E-state index is 0.250. The van der Waals surface area contributed by atoms with Crippen molar-refractivity contribution in [3.8, 4) is 0 Å². The topological polar surface area (TPSA) is 51.4 Å². The molecule has 2 aromatic rings. The van der Waals surface area contributed by atoms with E-state index in [0.29, 0.717) is 18.9 Å². The standard InChI is InChI=1S/C16H21N3O2/c1-12-9-19(10-13(2)20-12)11-16-17-15(18-21-16)8-14-6-4-3-5-7-14/h3-7,12-13H,8-11H2,1-2H3/t12-,13-/m0/s1. The van der Waals surface area contributed by atoms with Gasteiger partial charge in [0.25, 0.3) is 0 Å². The molecule has 5 nitrogen and oxygen atoms in total. The fraction of sp³-hybridized carbons (Fsp3) is 0.500. The summed E-state index contributed by atoms with van der Waals surface area (Å²) >= 11 is 0. The van der Waals surface area contributed by atoms with E-state index in [-0.39, 0.29) is 12.2 Å². The number of hydrogen-bond donors (Lipinski definition) is 0. The highest BCUT2D eigenvalue weighted by Gasteiger charge is 2.23. The zero-order valence-corrected chi connectivity index (χ0v) is 12.5. The molecule has 1 aromatic carbocycles. The van der Waals surface area contributed by atoms with Crippen molar-refractivity contribution in [3.63, 3.8) is 0 Å². The van der Waals surface area contributed by atoms with Crippen LogP contribution >= 0.6 is 0 Å². The molecule has 1 aliphatic rings. The lowest BCUT2D eigenvalue weighted by atomic mass is 10.1. The highest BCUT2D eigenvalue weighted by atomic mass is 16.5. The van der Waals surface area contributed by atoms with Gasteiger partial charge in [0.1, 0.15) is 0 Å². The molecule has 0 aliphatic carbocycles. The van der Waals surface area contributed by atoms with Crippen LogP contribution in [0, 0.1) is 0 Å². The first-order chi connectivity index (χ1) is 10.2. The molecule has 1 aliphatic heterocycles. The van der Waals surface area contributed by atoms with E-state index in [0.717, 1.165) is 18.9 Å². The van der Waals surface area contributed by atoms with E-state index in [2.05, 4.69) is 41.0 Å². The summed E-state index contributed by atoms with van der Waals surface area (Å²) in [5, 5.41) is 4.07. The van der Waals surface area contributed by atoms with E-state index < -0.39 is 0 Å². The average molecular weight is 287 g/mol. The maximum absolute atomic E-state index is 5.73. The first kappa shape index (κ1) is 14.2. The maximum Gasteiger partial charge on any atom is 0.240 e. The molecule has 112 valence electrons. The molecular formula is C16H21N3O2. The molecule has 0 spiro atoms. The van der Waals surface area contributed by atoms with Crippen LogP contribution in [0.4, 0.5) is 0 Å². The van der Waals surface area contributed by atoms with Gasteiger partial charge in [-0.05, 0) is 19.4 Å². The van der Waals surface area contributed by atoms with Crippen molar-refractivity contribution in [2.24, 2.45) is 0 Å². The monoisotopic (exact) mass is 287 g/mol. The van der Waals surface area contributed by atoms with Crippen LogP contribution < -0.4 is 0 Å². The Morgan fingerprint density at radius 3 is 2.57 bits per heavy atom. The highest BCUT2D eigenvalue weighted by Crippen LogP contribution is 2.14. The molecule has 2 atom stereocenters. The van der Waals surface area contributed by atoms with Gasteiger partial charge in [-0.15, -0.1) is 0 Å². The molecule has 2 heterocycles. The van der Waals surface area contributed by atoms with Gasteiger partial charge in [-0.25, -0.2) is 0 Å². The van der Waals surface area contributed by atoms with Crippen molar-refractivity contribution in [1.82, 2.24) is 15.0 Å². The predicted octanol–water partition coefficient (Wildman–Crippen LogP) is 2.27. The van der Waals surface area contributed by atoms with Crippen molar-refractivity contribution < 1.29 is 9.26 Å².